The Morgan fingerprint density at radius 2 is 2.00 bits per heavy atom. The zero-order chi connectivity index (χ0) is 14.7. The number of allylic oxidation sites excluding steroid dienone is 3. The van der Waals surface area contributed by atoms with Gasteiger partial charge in [0.15, 0.2) is 0 Å². The molecule has 2 nitrogen and oxygen atoms in total. The minimum absolute atomic E-state index is 0.291. The summed E-state index contributed by atoms with van der Waals surface area (Å²) in [5.41, 5.74) is 2.66. The third-order valence-corrected chi connectivity index (χ3v) is 2.97. The van der Waals surface area contributed by atoms with E-state index in [1.54, 1.807) is 19.1 Å². The molecule has 0 spiro atoms. The Balaban J connectivity index is 0.000000342. The summed E-state index contributed by atoms with van der Waals surface area (Å²) in [4.78, 5) is 10.6. The van der Waals surface area contributed by atoms with Gasteiger partial charge in [-0.15, -0.1) is 0 Å². The minimum atomic E-state index is -0.291. The fourth-order valence-electron chi connectivity index (χ4n) is 1.19. The van der Waals surface area contributed by atoms with E-state index in [0.29, 0.717) is 6.61 Å². The number of hydrogen-bond donors (Lipinski definition) is 0. The number of ether oxygens (including phenoxy) is 1. The van der Waals surface area contributed by atoms with Gasteiger partial charge < -0.3 is 4.74 Å². The average Bonchev–Trinajstić information content (AvgIpc) is 2.37. The van der Waals surface area contributed by atoms with Gasteiger partial charge in [0.2, 0.25) is 0 Å². The second-order valence-corrected chi connectivity index (χ2v) is 4.42. The highest BCUT2D eigenvalue weighted by molar-refractivity contribution is 6.33. The summed E-state index contributed by atoms with van der Waals surface area (Å²) >= 11 is 0. The van der Waals surface area contributed by atoms with Gasteiger partial charge in [0, 0.05) is 6.08 Å². The zero-order valence-electron chi connectivity index (χ0n) is 12.1. The molecule has 0 atom stereocenters. The van der Waals surface area contributed by atoms with Gasteiger partial charge in [-0.05, 0) is 38.8 Å². The lowest BCUT2D eigenvalue weighted by Gasteiger charge is -2.00. The van der Waals surface area contributed by atoms with Crippen molar-refractivity contribution in [3.8, 4) is 0 Å². The number of hydrogen-bond acceptors (Lipinski definition) is 2. The fraction of sp³-hybridized carbons (Fsp3) is 0.312. The van der Waals surface area contributed by atoms with Crippen molar-refractivity contribution in [2.24, 2.45) is 0 Å². The Bertz CT molecular complexity index is 428. The van der Waals surface area contributed by atoms with Crippen LogP contribution < -0.4 is 5.19 Å². The Morgan fingerprint density at radius 1 is 1.32 bits per heavy atom. The molecule has 1 aromatic rings. The summed E-state index contributed by atoms with van der Waals surface area (Å²) in [5.74, 6) is -0.291. The van der Waals surface area contributed by atoms with Crippen molar-refractivity contribution in [3.63, 3.8) is 0 Å². The number of esters is 1. The molecule has 0 unspecified atom stereocenters. The van der Waals surface area contributed by atoms with Gasteiger partial charge >= 0.3 is 5.97 Å². The molecular formula is C16H21O2Si. The van der Waals surface area contributed by atoms with Crippen LogP contribution in [0.15, 0.2) is 42.5 Å². The van der Waals surface area contributed by atoms with Gasteiger partial charge in [-0.25, -0.2) is 4.79 Å². The molecule has 0 aliphatic rings. The summed E-state index contributed by atoms with van der Waals surface area (Å²) in [6.07, 6.45) is 6.66. The molecule has 101 valence electrons. The van der Waals surface area contributed by atoms with Crippen molar-refractivity contribution in [3.05, 3.63) is 53.6 Å². The molecular weight excluding hydrogens is 252 g/mol. The van der Waals surface area contributed by atoms with Crippen LogP contribution in [0.1, 0.15) is 25.0 Å². The first-order valence-corrected chi connectivity index (χ1v) is 6.76. The average molecular weight is 273 g/mol. The predicted octanol–water partition coefficient (Wildman–Crippen LogP) is 2.78. The summed E-state index contributed by atoms with van der Waals surface area (Å²) in [6, 6.07) is 6.21. The molecule has 0 heterocycles. The molecule has 3 heteroatoms. The van der Waals surface area contributed by atoms with Gasteiger partial charge in [0.1, 0.15) is 0 Å². The van der Waals surface area contributed by atoms with E-state index in [1.807, 2.05) is 19.1 Å². The van der Waals surface area contributed by atoms with Crippen LogP contribution in [-0.2, 0) is 9.53 Å². The summed E-state index contributed by atoms with van der Waals surface area (Å²) in [7, 11) is 3.49. The van der Waals surface area contributed by atoms with E-state index in [9.17, 15) is 4.79 Å². The van der Waals surface area contributed by atoms with Gasteiger partial charge in [0.05, 0.1) is 16.8 Å². The quantitative estimate of drug-likeness (QED) is 0.366. The SMILES string of the molecule is C/C=C/C=C/C(=O)OCC.Cc1cccc([Si])c1C. The zero-order valence-corrected chi connectivity index (χ0v) is 13.1. The fourth-order valence-corrected chi connectivity index (χ4v) is 1.48. The highest BCUT2D eigenvalue weighted by atomic mass is 28.1. The smallest absolute Gasteiger partial charge is 0.330 e. The molecule has 0 saturated carbocycles. The largest absolute Gasteiger partial charge is 0.463 e. The molecule has 0 amide bonds. The van der Waals surface area contributed by atoms with E-state index in [4.69, 9.17) is 0 Å². The molecule has 0 aliphatic heterocycles. The number of carbonyl (C=O) groups excluding carboxylic acids is 1. The lowest BCUT2D eigenvalue weighted by atomic mass is 10.1. The first-order valence-electron chi connectivity index (χ1n) is 6.26. The number of carbonyl (C=O) groups is 1. The molecule has 1 rings (SSSR count). The van der Waals surface area contributed by atoms with Crippen LogP contribution in [0.25, 0.3) is 0 Å². The maximum atomic E-state index is 10.6. The predicted molar refractivity (Wildman–Crippen MR) is 81.9 cm³/mol. The van der Waals surface area contributed by atoms with E-state index in [0.717, 1.165) is 0 Å². The third-order valence-electron chi connectivity index (χ3n) is 2.43. The normalized spacial score (nSPS) is 10.4. The van der Waals surface area contributed by atoms with Gasteiger partial charge in [-0.1, -0.05) is 41.6 Å². The van der Waals surface area contributed by atoms with E-state index in [-0.39, 0.29) is 5.97 Å². The van der Waals surface area contributed by atoms with Gasteiger partial charge in [0.25, 0.3) is 0 Å². The molecule has 0 fully saturated rings. The lowest BCUT2D eigenvalue weighted by molar-refractivity contribution is -0.137. The molecule has 0 aromatic heterocycles. The Morgan fingerprint density at radius 3 is 2.47 bits per heavy atom. The molecule has 0 aliphatic carbocycles. The van der Waals surface area contributed by atoms with E-state index in [1.165, 1.54) is 22.4 Å². The van der Waals surface area contributed by atoms with Crippen LogP contribution in [0.4, 0.5) is 0 Å². The Hall–Kier alpha value is -1.61. The topological polar surface area (TPSA) is 26.3 Å². The summed E-state index contributed by atoms with van der Waals surface area (Å²) < 4.78 is 4.63. The maximum Gasteiger partial charge on any atom is 0.330 e. The van der Waals surface area contributed by atoms with Crippen molar-refractivity contribution in [1.29, 1.82) is 0 Å². The van der Waals surface area contributed by atoms with Crippen LogP contribution in [0.2, 0.25) is 0 Å². The first-order chi connectivity index (χ1) is 9.02. The van der Waals surface area contributed by atoms with Gasteiger partial charge in [-0.3, -0.25) is 0 Å². The Labute approximate surface area is 119 Å². The number of aryl methyl sites for hydroxylation is 1. The van der Waals surface area contributed by atoms with Crippen LogP contribution in [-0.4, -0.2) is 22.8 Å². The van der Waals surface area contributed by atoms with Gasteiger partial charge in [-0.2, -0.15) is 0 Å². The highest BCUT2D eigenvalue weighted by Gasteiger charge is 1.92. The van der Waals surface area contributed by atoms with Crippen molar-refractivity contribution < 1.29 is 9.53 Å². The third kappa shape index (κ3) is 8.16. The second-order valence-electron chi connectivity index (χ2n) is 3.88. The number of benzene rings is 1. The first kappa shape index (κ1) is 17.4. The van der Waals surface area contributed by atoms with Crippen LogP contribution >= 0.6 is 0 Å². The minimum Gasteiger partial charge on any atom is -0.463 e. The maximum absolute atomic E-state index is 10.6. The van der Waals surface area contributed by atoms with Crippen LogP contribution in [0.5, 0.6) is 0 Å². The monoisotopic (exact) mass is 273 g/mol. The van der Waals surface area contributed by atoms with Crippen molar-refractivity contribution in [1.82, 2.24) is 0 Å². The van der Waals surface area contributed by atoms with Crippen molar-refractivity contribution in [2.75, 3.05) is 6.61 Å². The molecule has 3 radical (unpaired) electrons. The highest BCUT2D eigenvalue weighted by Crippen LogP contribution is 1.99. The Kier molecular flexibility index (Phi) is 9.45. The van der Waals surface area contributed by atoms with E-state index < -0.39 is 0 Å². The van der Waals surface area contributed by atoms with Crippen LogP contribution in [0, 0.1) is 13.8 Å². The van der Waals surface area contributed by atoms with Crippen molar-refractivity contribution >= 4 is 21.4 Å². The molecule has 0 N–H and O–H groups in total. The summed E-state index contributed by atoms with van der Waals surface area (Å²) in [6.45, 7) is 8.31. The van der Waals surface area contributed by atoms with E-state index in [2.05, 4.69) is 41.0 Å². The summed E-state index contributed by atoms with van der Waals surface area (Å²) in [5, 5.41) is 1.19. The molecule has 19 heavy (non-hydrogen) atoms. The van der Waals surface area contributed by atoms with E-state index >= 15 is 0 Å². The van der Waals surface area contributed by atoms with Crippen LogP contribution in [0.3, 0.4) is 0 Å². The lowest BCUT2D eigenvalue weighted by Crippen LogP contribution is -2.07. The molecule has 0 bridgehead atoms. The van der Waals surface area contributed by atoms with Crippen molar-refractivity contribution in [2.45, 2.75) is 27.7 Å². The second kappa shape index (κ2) is 10.3. The molecule has 1 aromatic carbocycles. The molecule has 0 saturated heterocycles. The number of rotatable bonds is 3. The standard InChI is InChI=1S/C8H12O2.C8H9Si/c1-3-5-6-7-8(9)10-4-2;1-6-4-3-5-8(9)7(6)2/h3,5-7H,4H2,1-2H3;3-5H,1-2H3/b5-3+,7-6+;.